The van der Waals surface area contributed by atoms with Crippen LogP contribution in [0.4, 0.5) is 0 Å². The highest BCUT2D eigenvalue weighted by Crippen LogP contribution is 2.23. The van der Waals surface area contributed by atoms with Gasteiger partial charge in [0, 0.05) is 9.58 Å². The van der Waals surface area contributed by atoms with Crippen LogP contribution in [-0.4, -0.2) is 0 Å². The Bertz CT molecular complexity index is 999. The quantitative estimate of drug-likeness (QED) is 0.200. The van der Waals surface area contributed by atoms with Crippen LogP contribution in [0.1, 0.15) is 94.9 Å². The van der Waals surface area contributed by atoms with Gasteiger partial charge in [0.2, 0.25) is 0 Å². The van der Waals surface area contributed by atoms with Crippen molar-refractivity contribution in [3.8, 4) is 0 Å². The molecule has 0 saturated heterocycles. The van der Waals surface area contributed by atoms with E-state index in [4.69, 9.17) is 0 Å². The van der Waals surface area contributed by atoms with Crippen molar-refractivity contribution in [2.24, 2.45) is 0 Å². The van der Waals surface area contributed by atoms with Gasteiger partial charge in [0.1, 0.15) is 0 Å². The molecule has 4 rings (SSSR count). The zero-order valence-electron chi connectivity index (χ0n) is 22.1. The van der Waals surface area contributed by atoms with Crippen molar-refractivity contribution >= 4 is 32.2 Å². The van der Waals surface area contributed by atoms with Gasteiger partial charge < -0.3 is 0 Å². The topological polar surface area (TPSA) is 0 Å². The number of fused-ring (bicyclic) bond motifs is 2. The number of aryl methyl sites for hydroxylation is 2. The normalized spacial score (nSPS) is 10.5. The SMILES string of the molecule is CCCCCCCCCCCCC.Cc1cc2ccccc2s1.Cc1ccc2ccccc2c1. The zero-order chi connectivity index (χ0) is 24.4. The van der Waals surface area contributed by atoms with E-state index in [1.54, 1.807) is 0 Å². The third kappa shape index (κ3) is 11.3. The first-order chi connectivity index (χ1) is 16.6. The van der Waals surface area contributed by atoms with Gasteiger partial charge in [-0.2, -0.15) is 0 Å². The number of benzene rings is 3. The van der Waals surface area contributed by atoms with E-state index in [9.17, 15) is 0 Å². The maximum absolute atomic E-state index is 2.28. The Morgan fingerprint density at radius 2 is 1.00 bits per heavy atom. The average Bonchev–Trinajstić information content (AvgIpc) is 3.24. The molecule has 0 aliphatic rings. The van der Waals surface area contributed by atoms with Crippen molar-refractivity contribution in [3.05, 3.63) is 83.2 Å². The van der Waals surface area contributed by atoms with Crippen LogP contribution in [0.5, 0.6) is 0 Å². The van der Waals surface area contributed by atoms with Gasteiger partial charge >= 0.3 is 0 Å². The molecule has 1 heterocycles. The molecule has 0 saturated carbocycles. The van der Waals surface area contributed by atoms with Crippen molar-refractivity contribution in [2.45, 2.75) is 98.3 Å². The molecule has 0 aliphatic carbocycles. The molecule has 4 aromatic rings. The van der Waals surface area contributed by atoms with Crippen LogP contribution < -0.4 is 0 Å². The Balaban J connectivity index is 0.000000181. The summed E-state index contributed by atoms with van der Waals surface area (Å²) in [5.41, 5.74) is 1.32. The van der Waals surface area contributed by atoms with Crippen molar-refractivity contribution in [1.82, 2.24) is 0 Å². The fourth-order valence-electron chi connectivity index (χ4n) is 4.16. The first kappa shape index (κ1) is 28.1. The highest BCUT2D eigenvalue weighted by atomic mass is 32.1. The first-order valence-corrected chi connectivity index (χ1v) is 14.4. The Morgan fingerprint density at radius 1 is 0.500 bits per heavy atom. The molecule has 34 heavy (non-hydrogen) atoms. The molecule has 0 radical (unpaired) electrons. The third-order valence-corrected chi connectivity index (χ3v) is 7.19. The van der Waals surface area contributed by atoms with E-state index in [-0.39, 0.29) is 0 Å². The molecule has 0 fully saturated rings. The lowest BCUT2D eigenvalue weighted by atomic mass is 10.1. The van der Waals surface area contributed by atoms with Gasteiger partial charge in [-0.15, -0.1) is 11.3 Å². The van der Waals surface area contributed by atoms with Crippen LogP contribution in [-0.2, 0) is 0 Å². The van der Waals surface area contributed by atoms with Crippen molar-refractivity contribution in [3.63, 3.8) is 0 Å². The fourth-order valence-corrected chi connectivity index (χ4v) is 5.08. The van der Waals surface area contributed by atoms with Gasteiger partial charge in [-0.25, -0.2) is 0 Å². The van der Waals surface area contributed by atoms with Crippen LogP contribution in [0.2, 0.25) is 0 Å². The van der Waals surface area contributed by atoms with Crippen LogP contribution >= 0.6 is 11.3 Å². The largest absolute Gasteiger partial charge is 0.141 e. The van der Waals surface area contributed by atoms with Crippen molar-refractivity contribution < 1.29 is 0 Å². The highest BCUT2D eigenvalue weighted by molar-refractivity contribution is 7.19. The Hall–Kier alpha value is -2.12. The lowest BCUT2D eigenvalue weighted by molar-refractivity contribution is 0.554. The van der Waals surface area contributed by atoms with Crippen molar-refractivity contribution in [1.29, 1.82) is 0 Å². The summed E-state index contributed by atoms with van der Waals surface area (Å²) < 4.78 is 1.39. The predicted molar refractivity (Wildman–Crippen MR) is 157 cm³/mol. The van der Waals surface area contributed by atoms with Gasteiger partial charge in [0.25, 0.3) is 0 Å². The van der Waals surface area contributed by atoms with Crippen LogP contribution in [0.15, 0.2) is 72.8 Å². The van der Waals surface area contributed by atoms with Crippen molar-refractivity contribution in [2.75, 3.05) is 0 Å². The number of rotatable bonds is 10. The second-order valence-electron chi connectivity index (χ2n) is 9.43. The van der Waals surface area contributed by atoms with Crippen LogP contribution in [0, 0.1) is 13.8 Å². The number of hydrogen-bond acceptors (Lipinski definition) is 1. The van der Waals surface area contributed by atoms with E-state index in [0.29, 0.717) is 0 Å². The fraction of sp³-hybridized carbons (Fsp3) is 0.455. The van der Waals surface area contributed by atoms with E-state index < -0.39 is 0 Å². The molecule has 3 aromatic carbocycles. The van der Waals surface area contributed by atoms with E-state index in [2.05, 4.69) is 100 Å². The summed E-state index contributed by atoms with van der Waals surface area (Å²) in [6.45, 7) is 8.83. The molecule has 1 aromatic heterocycles. The maximum atomic E-state index is 2.28. The molecule has 0 aliphatic heterocycles. The molecular weight excluding hydrogens is 428 g/mol. The molecule has 0 N–H and O–H groups in total. The minimum Gasteiger partial charge on any atom is -0.141 e. The second-order valence-corrected chi connectivity index (χ2v) is 10.7. The molecule has 184 valence electrons. The Kier molecular flexibility index (Phi) is 14.3. The average molecular weight is 475 g/mol. The summed E-state index contributed by atoms with van der Waals surface area (Å²) in [6, 6.07) is 25.6. The third-order valence-electron chi connectivity index (χ3n) is 6.16. The molecule has 0 unspecified atom stereocenters. The predicted octanol–water partition coefficient (Wildman–Crippen LogP) is 11.7. The van der Waals surface area contributed by atoms with E-state index in [0.717, 1.165) is 0 Å². The number of hydrogen-bond donors (Lipinski definition) is 0. The molecular formula is C33H46S. The number of unbranched alkanes of at least 4 members (excludes halogenated alkanes) is 10. The zero-order valence-corrected chi connectivity index (χ0v) is 22.9. The molecule has 0 amide bonds. The van der Waals surface area contributed by atoms with Gasteiger partial charge in [-0.05, 0) is 42.1 Å². The van der Waals surface area contributed by atoms with E-state index >= 15 is 0 Å². The lowest BCUT2D eigenvalue weighted by Crippen LogP contribution is -1.80. The van der Waals surface area contributed by atoms with E-state index in [1.807, 2.05) is 11.3 Å². The summed E-state index contributed by atoms with van der Waals surface area (Å²) >= 11 is 1.85. The van der Waals surface area contributed by atoms with Crippen LogP contribution in [0.25, 0.3) is 20.9 Å². The molecule has 0 nitrogen and oxygen atoms in total. The molecule has 0 spiro atoms. The highest BCUT2D eigenvalue weighted by Gasteiger charge is 1.94. The Morgan fingerprint density at radius 3 is 1.56 bits per heavy atom. The standard InChI is InChI=1S/C13H28.C11H10.C9H8S/c1-3-5-7-9-11-13-12-10-8-6-4-2;1-9-6-7-10-4-2-3-5-11(10)8-9;1-7-6-8-4-2-3-5-9(8)10-7/h3-13H2,1-2H3;2-8H,1H3;2-6H,1H3. The van der Waals surface area contributed by atoms with Gasteiger partial charge in [-0.3, -0.25) is 0 Å². The minimum atomic E-state index is 1.32. The minimum absolute atomic E-state index is 1.32. The first-order valence-electron chi connectivity index (χ1n) is 13.5. The molecule has 0 atom stereocenters. The lowest BCUT2D eigenvalue weighted by Gasteiger charge is -2.00. The summed E-state index contributed by atoms with van der Waals surface area (Å²) in [7, 11) is 0. The smallest absolute Gasteiger partial charge is 0.0345 e. The monoisotopic (exact) mass is 474 g/mol. The van der Waals surface area contributed by atoms with Gasteiger partial charge in [-0.1, -0.05) is 151 Å². The summed E-state index contributed by atoms with van der Waals surface area (Å²) in [4.78, 5) is 1.39. The van der Waals surface area contributed by atoms with Gasteiger partial charge in [0.15, 0.2) is 0 Å². The number of thiophene rings is 1. The summed E-state index contributed by atoms with van der Waals surface area (Å²) in [5.74, 6) is 0. The summed E-state index contributed by atoms with van der Waals surface area (Å²) in [6.07, 6.45) is 15.9. The Labute approximate surface area is 213 Å². The summed E-state index contributed by atoms with van der Waals surface area (Å²) in [5, 5.41) is 4.01. The van der Waals surface area contributed by atoms with Crippen LogP contribution in [0.3, 0.4) is 0 Å². The maximum Gasteiger partial charge on any atom is 0.0345 e. The second kappa shape index (κ2) is 17.3. The molecule has 1 heteroatoms. The molecule has 0 bridgehead atoms. The van der Waals surface area contributed by atoms with E-state index in [1.165, 1.54) is 102 Å². The van der Waals surface area contributed by atoms with Gasteiger partial charge in [0.05, 0.1) is 0 Å².